The minimum Gasteiger partial charge on any atom is -0.206 e. The van der Waals surface area contributed by atoms with Crippen molar-refractivity contribution in [2.45, 2.75) is 25.7 Å². The summed E-state index contributed by atoms with van der Waals surface area (Å²) in [6.45, 7) is 5.76. The summed E-state index contributed by atoms with van der Waals surface area (Å²) in [7, 11) is -3.80. The molecule has 0 aliphatic rings. The van der Waals surface area contributed by atoms with E-state index >= 15 is 0 Å². The molecule has 1 atom stereocenters. The summed E-state index contributed by atoms with van der Waals surface area (Å²) in [5, 5.41) is 0. The molecule has 0 aromatic heterocycles. The van der Waals surface area contributed by atoms with Gasteiger partial charge in [-0.25, -0.2) is 8.42 Å². The van der Waals surface area contributed by atoms with Crippen LogP contribution in [0.4, 0.5) is 0 Å². The Hall–Kier alpha value is -0.650. The second kappa shape index (κ2) is 5.12. The van der Waals surface area contributed by atoms with Crippen molar-refractivity contribution in [2.24, 2.45) is 0 Å². The summed E-state index contributed by atoms with van der Waals surface area (Å²) in [5.74, 6) is 0. The maximum atomic E-state index is 11.9. The van der Waals surface area contributed by atoms with Gasteiger partial charge in [-0.2, -0.15) is 4.13 Å². The fourth-order valence-corrected chi connectivity index (χ4v) is 3.88. The van der Waals surface area contributed by atoms with Gasteiger partial charge >= 0.3 is 0 Å². The summed E-state index contributed by atoms with van der Waals surface area (Å²) in [6, 6.07) is 6.84. The average molecular weight is 259 g/mol. The molecule has 1 rings (SSSR count). The van der Waals surface area contributed by atoms with Crippen molar-refractivity contribution >= 4 is 25.6 Å². The topological polar surface area (TPSA) is 46.2 Å². The SMILES string of the molecule is CC(C)=S(C)NS(=O)(=O)c1ccc(C)cc1. The van der Waals surface area contributed by atoms with Crippen molar-refractivity contribution in [1.82, 2.24) is 4.13 Å². The quantitative estimate of drug-likeness (QED) is 0.847. The van der Waals surface area contributed by atoms with Crippen molar-refractivity contribution < 1.29 is 8.42 Å². The van der Waals surface area contributed by atoms with Crippen LogP contribution in [0.25, 0.3) is 0 Å². The van der Waals surface area contributed by atoms with E-state index in [2.05, 4.69) is 4.13 Å². The zero-order valence-corrected chi connectivity index (χ0v) is 11.6. The van der Waals surface area contributed by atoms with Crippen LogP contribution in [0.1, 0.15) is 19.4 Å². The van der Waals surface area contributed by atoms with Gasteiger partial charge in [-0.1, -0.05) is 17.7 Å². The van der Waals surface area contributed by atoms with Gasteiger partial charge in [0, 0.05) is 0 Å². The van der Waals surface area contributed by atoms with Gasteiger partial charge in [-0.15, -0.1) is 10.7 Å². The van der Waals surface area contributed by atoms with E-state index in [1.165, 1.54) is 0 Å². The fourth-order valence-electron chi connectivity index (χ4n) is 1.01. The molecule has 0 saturated heterocycles. The third-order valence-electron chi connectivity index (χ3n) is 2.18. The third-order valence-corrected chi connectivity index (χ3v) is 6.17. The Morgan fingerprint density at radius 2 is 1.69 bits per heavy atom. The molecule has 5 heteroatoms. The van der Waals surface area contributed by atoms with Crippen molar-refractivity contribution in [3.8, 4) is 0 Å². The van der Waals surface area contributed by atoms with E-state index in [9.17, 15) is 8.42 Å². The predicted octanol–water partition coefficient (Wildman–Crippen LogP) is 2.30. The lowest BCUT2D eigenvalue weighted by Crippen LogP contribution is -2.19. The number of hydrogen-bond acceptors (Lipinski definition) is 2. The van der Waals surface area contributed by atoms with Crippen LogP contribution < -0.4 is 4.13 Å². The summed E-state index contributed by atoms with van der Waals surface area (Å²) >= 11 is 0. The van der Waals surface area contributed by atoms with Gasteiger partial charge in [0.25, 0.3) is 0 Å². The molecule has 0 spiro atoms. The molecule has 0 radical (unpaired) electrons. The Kier molecular flexibility index (Phi) is 4.29. The molecular formula is C11H17NO2S2. The number of rotatable bonds is 3. The average Bonchev–Trinajstić information content (AvgIpc) is 2.17. The Labute approximate surface area is 100.0 Å². The van der Waals surface area contributed by atoms with Crippen molar-refractivity contribution in [3.63, 3.8) is 0 Å². The molecule has 0 aliphatic carbocycles. The fraction of sp³-hybridized carbons (Fsp3) is 0.364. The van der Waals surface area contributed by atoms with Gasteiger partial charge in [-0.05, 0) is 44.0 Å². The van der Waals surface area contributed by atoms with Crippen LogP contribution in [0.3, 0.4) is 0 Å². The number of sulfonamides is 1. The van der Waals surface area contributed by atoms with Crippen LogP contribution in [0.5, 0.6) is 0 Å². The highest BCUT2D eigenvalue weighted by atomic mass is 32.3. The highest BCUT2D eigenvalue weighted by molar-refractivity contribution is 8.20. The second-order valence-corrected chi connectivity index (χ2v) is 7.80. The number of aryl methyl sites for hydroxylation is 1. The van der Waals surface area contributed by atoms with Gasteiger partial charge in [0.05, 0.1) is 4.90 Å². The summed E-state index contributed by atoms with van der Waals surface area (Å²) < 4.78 is 26.5. The monoisotopic (exact) mass is 259 g/mol. The molecule has 0 fully saturated rings. The third kappa shape index (κ3) is 3.43. The second-order valence-electron chi connectivity index (χ2n) is 3.82. The zero-order chi connectivity index (χ0) is 12.3. The van der Waals surface area contributed by atoms with Crippen molar-refractivity contribution in [1.29, 1.82) is 0 Å². The van der Waals surface area contributed by atoms with E-state index in [0.717, 1.165) is 10.4 Å². The lowest BCUT2D eigenvalue weighted by Gasteiger charge is -2.09. The molecule has 90 valence electrons. The highest BCUT2D eigenvalue weighted by Gasteiger charge is 2.13. The number of hydrogen-bond donors (Lipinski definition) is 1. The lowest BCUT2D eigenvalue weighted by molar-refractivity contribution is 0.594. The minimum absolute atomic E-state index is 0.318. The van der Waals surface area contributed by atoms with Crippen LogP contribution in [0.2, 0.25) is 0 Å². The van der Waals surface area contributed by atoms with Gasteiger partial charge in [0.15, 0.2) is 0 Å². The molecular weight excluding hydrogens is 242 g/mol. The molecule has 1 aromatic carbocycles. The van der Waals surface area contributed by atoms with Crippen molar-refractivity contribution in [3.05, 3.63) is 29.8 Å². The van der Waals surface area contributed by atoms with E-state index in [1.807, 2.05) is 27.0 Å². The molecule has 0 amide bonds. The molecule has 0 aliphatic heterocycles. The van der Waals surface area contributed by atoms with Gasteiger partial charge in [0.1, 0.15) is 0 Å². The minimum atomic E-state index is -3.38. The normalized spacial score (nSPS) is 13.5. The molecule has 0 bridgehead atoms. The largest absolute Gasteiger partial charge is 0.249 e. The number of benzene rings is 1. The van der Waals surface area contributed by atoms with Crippen LogP contribution in [-0.4, -0.2) is 19.5 Å². The Balaban J connectivity index is 3.04. The maximum absolute atomic E-state index is 11.9. The van der Waals surface area contributed by atoms with E-state index in [0.29, 0.717) is 4.90 Å². The van der Waals surface area contributed by atoms with Crippen LogP contribution >= 0.6 is 10.7 Å². The first-order valence-corrected chi connectivity index (χ1v) is 8.00. The Morgan fingerprint density at radius 3 is 2.12 bits per heavy atom. The first-order chi connectivity index (χ1) is 7.33. The van der Waals surface area contributed by atoms with E-state index in [-0.39, 0.29) is 0 Å². The smallest absolute Gasteiger partial charge is 0.206 e. The lowest BCUT2D eigenvalue weighted by atomic mass is 10.2. The summed E-state index contributed by atoms with van der Waals surface area (Å²) in [5.41, 5.74) is 1.05. The summed E-state index contributed by atoms with van der Waals surface area (Å²) in [4.78, 5) is 1.38. The van der Waals surface area contributed by atoms with Crippen LogP contribution in [0, 0.1) is 6.92 Å². The van der Waals surface area contributed by atoms with E-state index < -0.39 is 20.7 Å². The molecule has 0 heterocycles. The van der Waals surface area contributed by atoms with Crippen LogP contribution in [0.15, 0.2) is 29.2 Å². The zero-order valence-electron chi connectivity index (χ0n) is 9.94. The molecule has 3 nitrogen and oxygen atoms in total. The predicted molar refractivity (Wildman–Crippen MR) is 71.4 cm³/mol. The standard InChI is InChI=1S/C11H17NO2S2/c1-9(2)15(4)12-16(13,14)11-7-5-10(3)6-8-11/h5-8,12H,1-4H3. The first-order valence-electron chi connectivity index (χ1n) is 4.88. The molecule has 1 unspecified atom stereocenters. The molecule has 0 saturated carbocycles. The van der Waals surface area contributed by atoms with Gasteiger partial charge in [0.2, 0.25) is 10.0 Å². The molecule has 16 heavy (non-hydrogen) atoms. The van der Waals surface area contributed by atoms with Gasteiger partial charge in [-0.3, -0.25) is 0 Å². The maximum Gasteiger partial charge on any atom is 0.249 e. The van der Waals surface area contributed by atoms with Crippen LogP contribution in [-0.2, 0) is 10.0 Å². The Bertz CT molecular complexity index is 497. The Morgan fingerprint density at radius 1 is 1.19 bits per heavy atom. The molecule has 1 aromatic rings. The van der Waals surface area contributed by atoms with E-state index in [1.54, 1.807) is 24.3 Å². The molecule has 1 N–H and O–H groups in total. The number of nitrogens with one attached hydrogen (secondary N) is 1. The van der Waals surface area contributed by atoms with Gasteiger partial charge < -0.3 is 0 Å². The highest BCUT2D eigenvalue weighted by Crippen LogP contribution is 2.14. The summed E-state index contributed by atoms with van der Waals surface area (Å²) in [6.07, 6.45) is 1.86. The first kappa shape index (κ1) is 13.4. The van der Waals surface area contributed by atoms with E-state index in [4.69, 9.17) is 0 Å². The van der Waals surface area contributed by atoms with Crippen molar-refractivity contribution in [2.75, 3.05) is 6.26 Å².